The Hall–Kier alpha value is -1.36. The van der Waals surface area contributed by atoms with E-state index in [4.69, 9.17) is 4.74 Å². The molecule has 5 nitrogen and oxygen atoms in total. The second kappa shape index (κ2) is 7.57. The number of rotatable bonds is 6. The monoisotopic (exact) mass is 374 g/mol. The van der Waals surface area contributed by atoms with E-state index in [2.05, 4.69) is 18.8 Å². The first kappa shape index (κ1) is 19.0. The predicted octanol–water partition coefficient (Wildman–Crippen LogP) is 2.90. The molecule has 1 amide bonds. The zero-order chi connectivity index (χ0) is 19.0. The SMILES string of the molecule is C=C1CCC[C@@]2(C)C[C@H]3OC(=O)[C@@H](CNCCCN4CCCC4=O)[C@@H]3C[C@@H]12. The van der Waals surface area contributed by atoms with Crippen molar-refractivity contribution >= 4 is 11.9 Å². The number of amides is 1. The Labute approximate surface area is 162 Å². The summed E-state index contributed by atoms with van der Waals surface area (Å²) in [5.74, 6) is 1.13. The maximum atomic E-state index is 12.5. The number of carbonyl (C=O) groups excluding carboxylic acids is 2. The largest absolute Gasteiger partial charge is 0.462 e. The van der Waals surface area contributed by atoms with E-state index >= 15 is 0 Å². The number of hydrogen-bond donors (Lipinski definition) is 1. The zero-order valence-electron chi connectivity index (χ0n) is 16.7. The quantitative estimate of drug-likeness (QED) is 0.441. The topological polar surface area (TPSA) is 58.6 Å². The van der Waals surface area contributed by atoms with E-state index < -0.39 is 0 Å². The van der Waals surface area contributed by atoms with Crippen molar-refractivity contribution < 1.29 is 14.3 Å². The van der Waals surface area contributed by atoms with Crippen molar-refractivity contribution in [2.24, 2.45) is 23.2 Å². The average molecular weight is 375 g/mol. The number of ether oxygens (including phenoxy) is 1. The third-order valence-electron chi connectivity index (χ3n) is 7.64. The van der Waals surface area contributed by atoms with E-state index in [1.165, 1.54) is 18.4 Å². The summed E-state index contributed by atoms with van der Waals surface area (Å²) in [6.07, 6.45) is 8.39. The molecule has 150 valence electrons. The van der Waals surface area contributed by atoms with Crippen LogP contribution in [-0.4, -0.2) is 49.1 Å². The lowest BCUT2D eigenvalue weighted by molar-refractivity contribution is -0.146. The Morgan fingerprint density at radius 2 is 2.15 bits per heavy atom. The van der Waals surface area contributed by atoms with Gasteiger partial charge in [-0.05, 0) is 62.8 Å². The van der Waals surface area contributed by atoms with E-state index in [-0.39, 0.29) is 29.3 Å². The number of allylic oxidation sites excluding steroid dienone is 1. The van der Waals surface area contributed by atoms with Gasteiger partial charge in [0.15, 0.2) is 0 Å². The standard InChI is InChI=1S/C22H34N2O3/c1-15-6-3-8-22(2)13-19-16(12-18(15)22)17(21(26)27-19)14-23-9-5-11-24-10-4-7-20(24)25/h16-19,23H,1,3-14H2,2H3/t16-,17-,18-,19+,22-/m0/s1. The van der Waals surface area contributed by atoms with Crippen molar-refractivity contribution in [1.82, 2.24) is 10.2 Å². The molecule has 4 aliphatic rings. The van der Waals surface area contributed by atoms with Crippen molar-refractivity contribution in [3.63, 3.8) is 0 Å². The summed E-state index contributed by atoms with van der Waals surface area (Å²) < 4.78 is 5.82. The molecule has 0 aromatic rings. The first-order valence-electron chi connectivity index (χ1n) is 10.8. The Balaban J connectivity index is 1.28. The maximum Gasteiger partial charge on any atom is 0.310 e. The van der Waals surface area contributed by atoms with Crippen molar-refractivity contribution in [2.75, 3.05) is 26.2 Å². The third-order valence-corrected chi connectivity index (χ3v) is 7.64. The van der Waals surface area contributed by atoms with Crippen LogP contribution in [0.3, 0.4) is 0 Å². The van der Waals surface area contributed by atoms with Gasteiger partial charge in [0.25, 0.3) is 0 Å². The fraction of sp³-hybridized carbons (Fsp3) is 0.818. The van der Waals surface area contributed by atoms with Crippen molar-refractivity contribution in [1.29, 1.82) is 0 Å². The van der Waals surface area contributed by atoms with Crippen LogP contribution in [0.25, 0.3) is 0 Å². The fourth-order valence-electron chi connectivity index (χ4n) is 6.08. The van der Waals surface area contributed by atoms with Gasteiger partial charge in [0.2, 0.25) is 5.91 Å². The molecule has 5 heteroatoms. The Bertz CT molecular complexity index is 619. The molecular formula is C22H34N2O3. The number of fused-ring (bicyclic) bond motifs is 2. The van der Waals surface area contributed by atoms with Crippen LogP contribution in [0.15, 0.2) is 12.2 Å². The highest BCUT2D eigenvalue weighted by molar-refractivity contribution is 5.78. The third kappa shape index (κ3) is 3.67. The second-order valence-electron chi connectivity index (χ2n) is 9.45. The molecule has 1 N–H and O–H groups in total. The molecule has 4 rings (SSSR count). The number of nitrogens with one attached hydrogen (secondary N) is 1. The van der Waals surface area contributed by atoms with E-state index in [1.807, 2.05) is 4.90 Å². The number of nitrogens with zero attached hydrogens (tertiary/aromatic N) is 1. The normalized spacial score (nSPS) is 38.7. The summed E-state index contributed by atoms with van der Waals surface area (Å²) in [5, 5.41) is 3.46. The van der Waals surface area contributed by atoms with E-state index in [1.54, 1.807) is 0 Å². The van der Waals surface area contributed by atoms with Gasteiger partial charge in [-0.25, -0.2) is 0 Å². The molecule has 2 saturated carbocycles. The number of likely N-dealkylation sites (tertiary alicyclic amines) is 1. The van der Waals surface area contributed by atoms with Gasteiger partial charge in [-0.3, -0.25) is 9.59 Å². The fourth-order valence-corrected chi connectivity index (χ4v) is 6.08. The van der Waals surface area contributed by atoms with Gasteiger partial charge in [0.05, 0.1) is 5.92 Å². The molecular weight excluding hydrogens is 340 g/mol. The summed E-state index contributed by atoms with van der Waals surface area (Å²) in [4.78, 5) is 26.1. The van der Waals surface area contributed by atoms with Crippen molar-refractivity contribution in [2.45, 2.75) is 64.4 Å². The minimum atomic E-state index is -0.0253. The molecule has 4 fully saturated rings. The molecule has 2 aliphatic carbocycles. The highest BCUT2D eigenvalue weighted by atomic mass is 16.6. The molecule has 5 atom stereocenters. The zero-order valence-corrected chi connectivity index (χ0v) is 16.7. The lowest BCUT2D eigenvalue weighted by Gasteiger charge is -2.50. The second-order valence-corrected chi connectivity index (χ2v) is 9.45. The molecule has 0 unspecified atom stereocenters. The average Bonchev–Trinajstić information content (AvgIpc) is 3.15. The van der Waals surface area contributed by atoms with Gasteiger partial charge in [-0.1, -0.05) is 19.1 Å². The number of esters is 1. The Kier molecular flexibility index (Phi) is 5.32. The minimum Gasteiger partial charge on any atom is -0.462 e. The Morgan fingerprint density at radius 3 is 2.93 bits per heavy atom. The molecule has 0 aromatic carbocycles. The van der Waals surface area contributed by atoms with E-state index in [0.717, 1.165) is 51.7 Å². The predicted molar refractivity (Wildman–Crippen MR) is 104 cm³/mol. The molecule has 0 spiro atoms. The first-order chi connectivity index (χ1) is 13.0. The molecule has 0 aromatic heterocycles. The number of hydrogen-bond acceptors (Lipinski definition) is 4. The van der Waals surface area contributed by atoms with Crippen LogP contribution in [0.2, 0.25) is 0 Å². The van der Waals surface area contributed by atoms with Crippen LogP contribution in [0.1, 0.15) is 58.3 Å². The van der Waals surface area contributed by atoms with Gasteiger partial charge in [0.1, 0.15) is 6.10 Å². The Morgan fingerprint density at radius 1 is 1.30 bits per heavy atom. The molecule has 2 heterocycles. The smallest absolute Gasteiger partial charge is 0.310 e. The van der Waals surface area contributed by atoms with Crippen molar-refractivity contribution in [3.05, 3.63) is 12.2 Å². The molecule has 0 radical (unpaired) electrons. The molecule has 2 saturated heterocycles. The maximum absolute atomic E-state index is 12.5. The van der Waals surface area contributed by atoms with Gasteiger partial charge >= 0.3 is 5.97 Å². The van der Waals surface area contributed by atoms with Crippen LogP contribution < -0.4 is 5.32 Å². The highest BCUT2D eigenvalue weighted by Gasteiger charge is 2.54. The molecule has 0 bridgehead atoms. The number of carbonyl (C=O) groups is 2. The van der Waals surface area contributed by atoms with Crippen molar-refractivity contribution in [3.8, 4) is 0 Å². The summed E-state index contributed by atoms with van der Waals surface area (Å²) in [6, 6.07) is 0. The van der Waals surface area contributed by atoms with Crippen LogP contribution in [0.4, 0.5) is 0 Å². The molecule has 2 aliphatic heterocycles. The lowest BCUT2D eigenvalue weighted by Crippen LogP contribution is -2.45. The summed E-state index contributed by atoms with van der Waals surface area (Å²) in [5.41, 5.74) is 1.66. The van der Waals surface area contributed by atoms with E-state index in [9.17, 15) is 9.59 Å². The van der Waals surface area contributed by atoms with Gasteiger partial charge < -0.3 is 15.0 Å². The highest BCUT2D eigenvalue weighted by Crippen LogP contribution is 2.56. The van der Waals surface area contributed by atoms with Gasteiger partial charge in [-0.15, -0.1) is 0 Å². The van der Waals surface area contributed by atoms with Gasteiger partial charge in [0, 0.05) is 32.0 Å². The van der Waals surface area contributed by atoms with Crippen LogP contribution in [0, 0.1) is 23.2 Å². The minimum absolute atomic E-state index is 0.0138. The summed E-state index contributed by atoms with van der Waals surface area (Å²) >= 11 is 0. The lowest BCUT2D eigenvalue weighted by atomic mass is 9.55. The molecule has 27 heavy (non-hydrogen) atoms. The van der Waals surface area contributed by atoms with Crippen LogP contribution >= 0.6 is 0 Å². The van der Waals surface area contributed by atoms with Crippen LogP contribution in [0.5, 0.6) is 0 Å². The summed E-state index contributed by atoms with van der Waals surface area (Å²) in [7, 11) is 0. The first-order valence-corrected chi connectivity index (χ1v) is 10.8. The van der Waals surface area contributed by atoms with Gasteiger partial charge in [-0.2, -0.15) is 0 Å². The van der Waals surface area contributed by atoms with E-state index in [0.29, 0.717) is 24.8 Å². The van der Waals surface area contributed by atoms with Crippen LogP contribution in [-0.2, 0) is 14.3 Å². The summed E-state index contributed by atoms with van der Waals surface area (Å²) in [6.45, 7) is 10.0.